The number of phenols is 1. The number of para-hydroxylation sites is 1. The molecule has 0 radical (unpaired) electrons. The zero-order valence-corrected chi connectivity index (χ0v) is 19.7. The molecule has 4 rings (SSSR count). The average Bonchev–Trinajstić information content (AvgIpc) is 3.22. The van der Waals surface area contributed by atoms with Crippen LogP contribution in [0.2, 0.25) is 0 Å². The Morgan fingerprint density at radius 1 is 1.23 bits per heavy atom. The second-order valence-electron chi connectivity index (χ2n) is 7.82. The number of fused-ring (bicyclic) bond motifs is 1. The van der Waals surface area contributed by atoms with Crippen molar-refractivity contribution in [2.75, 3.05) is 18.5 Å². The lowest BCUT2D eigenvalue weighted by atomic mass is 9.99. The molecule has 1 N–H and O–H groups in total. The summed E-state index contributed by atoms with van der Waals surface area (Å²) in [5, 5.41) is 11.8. The Kier molecular flexibility index (Phi) is 5.90. The van der Waals surface area contributed by atoms with E-state index in [1.165, 1.54) is 11.8 Å². The first-order chi connectivity index (χ1) is 14.8. The highest BCUT2D eigenvalue weighted by molar-refractivity contribution is 8.19. The van der Waals surface area contributed by atoms with Crippen molar-refractivity contribution in [2.24, 2.45) is 4.99 Å². The van der Waals surface area contributed by atoms with Crippen molar-refractivity contribution in [1.82, 2.24) is 4.90 Å². The van der Waals surface area contributed by atoms with E-state index >= 15 is 0 Å². The summed E-state index contributed by atoms with van der Waals surface area (Å²) < 4.78 is 0. The maximum absolute atomic E-state index is 13.3. The minimum absolute atomic E-state index is 0.0636. The molecule has 5 nitrogen and oxygen atoms in total. The Morgan fingerprint density at radius 3 is 2.65 bits per heavy atom. The number of amides is 1. The van der Waals surface area contributed by atoms with Crippen molar-refractivity contribution in [3.63, 3.8) is 0 Å². The Balaban J connectivity index is 1.77. The number of amidine groups is 1. The monoisotopic (exact) mass is 451 g/mol. The minimum atomic E-state index is -0.0636. The molecule has 0 saturated carbocycles. The lowest BCUT2D eigenvalue weighted by molar-refractivity contribution is -0.121. The predicted octanol–water partition coefficient (Wildman–Crippen LogP) is 5.98. The van der Waals surface area contributed by atoms with E-state index in [9.17, 15) is 9.90 Å². The highest BCUT2D eigenvalue weighted by Crippen LogP contribution is 2.50. The first kappa shape index (κ1) is 21.6. The molecule has 1 saturated heterocycles. The molecule has 2 aliphatic heterocycles. The van der Waals surface area contributed by atoms with Crippen molar-refractivity contribution in [2.45, 2.75) is 31.6 Å². The second-order valence-corrected chi connectivity index (χ2v) is 9.82. The summed E-state index contributed by atoms with van der Waals surface area (Å²) >= 11 is 3.00. The number of thioether (sulfide) groups is 2. The summed E-state index contributed by atoms with van der Waals surface area (Å²) in [6.45, 7) is 10.2. The molecule has 0 spiro atoms. The molecule has 7 heteroatoms. The Bertz CT molecular complexity index is 1140. The smallest absolute Gasteiger partial charge is 0.269 e. The van der Waals surface area contributed by atoms with Gasteiger partial charge in [0.25, 0.3) is 5.91 Å². The largest absolute Gasteiger partial charge is 0.508 e. The van der Waals surface area contributed by atoms with Gasteiger partial charge in [-0.05, 0) is 60.0 Å². The maximum atomic E-state index is 13.3. The molecule has 2 heterocycles. The molecule has 1 amide bonds. The van der Waals surface area contributed by atoms with E-state index in [1.807, 2.05) is 46.0 Å². The molecule has 2 aromatic carbocycles. The number of aliphatic imine (C=N–C) groups is 1. The van der Waals surface area contributed by atoms with Crippen LogP contribution in [-0.2, 0) is 4.79 Å². The number of anilines is 1. The first-order valence-electron chi connectivity index (χ1n) is 10.1. The van der Waals surface area contributed by atoms with Crippen molar-refractivity contribution in [1.29, 1.82) is 0 Å². The molecule has 2 aliphatic rings. The van der Waals surface area contributed by atoms with Crippen LogP contribution in [0, 0.1) is 6.92 Å². The van der Waals surface area contributed by atoms with Crippen LogP contribution in [0.1, 0.15) is 30.9 Å². The highest BCUT2D eigenvalue weighted by Gasteiger charge is 2.38. The molecule has 0 bridgehead atoms. The van der Waals surface area contributed by atoms with Gasteiger partial charge in [0.05, 0.1) is 16.4 Å². The van der Waals surface area contributed by atoms with Gasteiger partial charge < -0.3 is 10.0 Å². The van der Waals surface area contributed by atoms with Gasteiger partial charge in [-0.3, -0.25) is 9.69 Å². The fourth-order valence-electron chi connectivity index (χ4n) is 3.59. The number of hydrogen-bond acceptors (Lipinski definition) is 6. The Morgan fingerprint density at radius 2 is 1.97 bits per heavy atom. The van der Waals surface area contributed by atoms with Gasteiger partial charge in [-0.2, -0.15) is 0 Å². The van der Waals surface area contributed by atoms with Gasteiger partial charge in [0.15, 0.2) is 5.17 Å². The van der Waals surface area contributed by atoms with Gasteiger partial charge in [-0.15, -0.1) is 6.58 Å². The van der Waals surface area contributed by atoms with Gasteiger partial charge >= 0.3 is 0 Å². The number of aryl methyl sites for hydroxylation is 1. The van der Waals surface area contributed by atoms with Crippen LogP contribution in [-0.4, -0.2) is 34.7 Å². The Hall–Kier alpha value is -2.64. The zero-order chi connectivity index (χ0) is 22.3. The van der Waals surface area contributed by atoms with Gasteiger partial charge in [0.1, 0.15) is 10.7 Å². The van der Waals surface area contributed by atoms with Crippen LogP contribution < -0.4 is 4.90 Å². The third-order valence-corrected chi connectivity index (χ3v) is 7.72. The van der Waals surface area contributed by atoms with Crippen LogP contribution in [0.3, 0.4) is 0 Å². The van der Waals surface area contributed by atoms with Crippen LogP contribution in [0.4, 0.5) is 11.4 Å². The quantitative estimate of drug-likeness (QED) is 0.457. The van der Waals surface area contributed by atoms with E-state index in [0.717, 1.165) is 32.4 Å². The van der Waals surface area contributed by atoms with E-state index in [4.69, 9.17) is 4.99 Å². The lowest BCUT2D eigenvalue weighted by Gasteiger charge is -2.15. The van der Waals surface area contributed by atoms with Gasteiger partial charge in [0.2, 0.25) is 0 Å². The van der Waals surface area contributed by atoms with E-state index in [0.29, 0.717) is 16.6 Å². The van der Waals surface area contributed by atoms with Crippen LogP contribution >= 0.6 is 23.5 Å². The summed E-state index contributed by atoms with van der Waals surface area (Å²) in [6.07, 6.45) is 1.71. The molecule has 2 aromatic rings. The van der Waals surface area contributed by atoms with Crippen molar-refractivity contribution in [3.05, 3.63) is 70.1 Å². The van der Waals surface area contributed by atoms with E-state index < -0.39 is 0 Å². The van der Waals surface area contributed by atoms with E-state index in [2.05, 4.69) is 23.6 Å². The number of hydrogen-bond donors (Lipinski definition) is 1. The number of aromatic hydroxyl groups is 1. The second kappa shape index (κ2) is 8.48. The molecule has 0 aromatic heterocycles. The fourth-order valence-corrected chi connectivity index (χ4v) is 5.94. The molecule has 160 valence electrons. The normalized spacial score (nSPS) is 19.6. The first-order valence-corrected chi connectivity index (χ1v) is 11.7. The van der Waals surface area contributed by atoms with Crippen molar-refractivity contribution >= 4 is 46.0 Å². The van der Waals surface area contributed by atoms with E-state index in [1.54, 1.807) is 28.8 Å². The number of carbonyl (C=O) groups is 1. The standard InChI is InChI=1S/C24H25N3O2S2/c1-6-11-27-22(29)21(23-26(5)18-9-7-8-10-20(18)30-23)31-24(27)25-17-13-16(14(2)3)19(28)12-15(17)4/h6-10,12-14,28H,1,11H2,2-5H3/b23-21+,25-24?. The molecular formula is C24H25N3O2S2. The topological polar surface area (TPSA) is 56.1 Å². The summed E-state index contributed by atoms with van der Waals surface area (Å²) in [7, 11) is 1.99. The van der Waals surface area contributed by atoms with E-state index in [-0.39, 0.29) is 17.6 Å². The van der Waals surface area contributed by atoms with Crippen molar-refractivity contribution < 1.29 is 9.90 Å². The molecule has 0 atom stereocenters. The molecular weight excluding hydrogens is 426 g/mol. The number of rotatable bonds is 4. The van der Waals surface area contributed by atoms with Crippen LogP contribution in [0.25, 0.3) is 0 Å². The third kappa shape index (κ3) is 3.88. The predicted molar refractivity (Wildman–Crippen MR) is 131 cm³/mol. The van der Waals surface area contributed by atoms with Gasteiger partial charge in [-0.25, -0.2) is 4.99 Å². The summed E-state index contributed by atoms with van der Waals surface area (Å²) in [5.41, 5.74) is 3.56. The van der Waals surface area contributed by atoms with Crippen LogP contribution in [0.15, 0.2) is 68.9 Å². The maximum Gasteiger partial charge on any atom is 0.269 e. The SMILES string of the molecule is C=CCN1C(=O)/C(=C2\Sc3ccccc3N2C)SC1=Nc1cc(C(C)C)c(O)cc1C. The summed E-state index contributed by atoms with van der Waals surface area (Å²) in [5.74, 6) is 0.381. The lowest BCUT2D eigenvalue weighted by Crippen LogP contribution is -2.29. The van der Waals surface area contributed by atoms with Crippen LogP contribution in [0.5, 0.6) is 5.75 Å². The number of nitrogens with zero attached hydrogens (tertiary/aromatic N) is 3. The van der Waals surface area contributed by atoms with Gasteiger partial charge in [-0.1, -0.05) is 43.8 Å². The fraction of sp³-hybridized carbons (Fsp3) is 0.250. The Labute approximate surface area is 191 Å². The zero-order valence-electron chi connectivity index (χ0n) is 18.0. The molecule has 1 fully saturated rings. The number of phenolic OH excluding ortho intramolecular Hbond substituents is 1. The third-order valence-electron chi connectivity index (χ3n) is 5.29. The molecule has 0 aliphatic carbocycles. The minimum Gasteiger partial charge on any atom is -0.508 e. The van der Waals surface area contributed by atoms with Gasteiger partial charge in [0, 0.05) is 18.5 Å². The number of benzene rings is 2. The van der Waals surface area contributed by atoms with Crippen molar-refractivity contribution in [3.8, 4) is 5.75 Å². The average molecular weight is 452 g/mol. The highest BCUT2D eigenvalue weighted by atomic mass is 32.2. The summed E-state index contributed by atoms with van der Waals surface area (Å²) in [6, 6.07) is 11.8. The number of carbonyl (C=O) groups excluding carboxylic acids is 1. The molecule has 31 heavy (non-hydrogen) atoms. The molecule has 0 unspecified atom stereocenters. The summed E-state index contributed by atoms with van der Waals surface area (Å²) in [4.78, 5) is 23.7.